The lowest BCUT2D eigenvalue weighted by Gasteiger charge is -2.35. The van der Waals surface area contributed by atoms with Crippen LogP contribution >= 0.6 is 11.3 Å². The largest absolute Gasteiger partial charge is 0.477 e. The number of likely N-dealkylation sites (tertiary alicyclic amines) is 1. The predicted octanol–water partition coefficient (Wildman–Crippen LogP) is 2.53. The van der Waals surface area contributed by atoms with Gasteiger partial charge in [-0.2, -0.15) is 0 Å². The Morgan fingerprint density at radius 2 is 1.80 bits per heavy atom. The highest BCUT2D eigenvalue weighted by atomic mass is 32.1. The van der Waals surface area contributed by atoms with Crippen LogP contribution in [0, 0.1) is 12.3 Å². The standard InChI is InChI=1S/C34H45N7O8S/c1-21-29(50-20-37-21)22-9-11-23(12-10-22)40(5)39-31(44)26-15-24(42)18-41(26)32(45)30(34(2,3)4)38-27(43)19-48-13-7-8-14-49-28-17-35-25(16-36-28)33(46)47-6/h9-12,16-17,20,24,26,30,42H,7-8,13-15,18-19H2,1-6H3,(H,38,43)(H,39,44)/t24-,26+,30?/m1/s1. The highest BCUT2D eigenvalue weighted by Crippen LogP contribution is 2.29. The number of nitrogens with one attached hydrogen (secondary N) is 2. The Morgan fingerprint density at radius 3 is 2.42 bits per heavy atom. The van der Waals surface area contributed by atoms with Crippen molar-refractivity contribution in [1.82, 2.24) is 30.6 Å². The lowest BCUT2D eigenvalue weighted by Crippen LogP contribution is -2.59. The summed E-state index contributed by atoms with van der Waals surface area (Å²) in [4.78, 5) is 66.3. The number of carbonyl (C=O) groups is 4. The molecule has 3 atom stereocenters. The molecule has 0 spiro atoms. The Labute approximate surface area is 295 Å². The number of ether oxygens (including phenoxy) is 3. The van der Waals surface area contributed by atoms with Crippen LogP contribution in [0.4, 0.5) is 5.69 Å². The molecular weight excluding hydrogens is 666 g/mol. The monoisotopic (exact) mass is 711 g/mol. The number of hydrogen-bond acceptors (Lipinski definition) is 13. The second-order valence-electron chi connectivity index (χ2n) is 13.0. The fraction of sp³-hybridized carbons (Fsp3) is 0.500. The van der Waals surface area contributed by atoms with Gasteiger partial charge in [-0.15, -0.1) is 11.3 Å². The highest BCUT2D eigenvalue weighted by Gasteiger charge is 2.44. The summed E-state index contributed by atoms with van der Waals surface area (Å²) >= 11 is 1.56. The molecule has 16 heteroatoms. The molecule has 50 heavy (non-hydrogen) atoms. The Bertz CT molecular complexity index is 1610. The summed E-state index contributed by atoms with van der Waals surface area (Å²) in [6, 6.07) is 5.76. The van der Waals surface area contributed by atoms with Crippen LogP contribution in [0.2, 0.25) is 0 Å². The average molecular weight is 712 g/mol. The zero-order chi connectivity index (χ0) is 36.4. The summed E-state index contributed by atoms with van der Waals surface area (Å²) in [7, 11) is 2.96. The van der Waals surface area contributed by atoms with E-state index < -0.39 is 47.3 Å². The topological polar surface area (TPSA) is 185 Å². The molecule has 3 aromatic rings. The number of methoxy groups -OCH3 is 1. The average Bonchev–Trinajstić information content (AvgIpc) is 3.71. The first-order valence-corrected chi connectivity index (χ1v) is 17.1. The Hall–Kier alpha value is -4.67. The number of esters is 1. The molecule has 3 heterocycles. The number of rotatable bonds is 15. The molecule has 0 saturated carbocycles. The number of unbranched alkanes of at least 4 members (excludes halogenated alkanes) is 1. The number of benzene rings is 1. The molecule has 1 unspecified atom stereocenters. The number of hydrazine groups is 1. The zero-order valence-electron chi connectivity index (χ0n) is 29.2. The molecule has 3 amide bonds. The highest BCUT2D eigenvalue weighted by molar-refractivity contribution is 7.13. The first-order chi connectivity index (χ1) is 23.8. The van der Waals surface area contributed by atoms with E-state index in [4.69, 9.17) is 9.47 Å². The lowest BCUT2D eigenvalue weighted by atomic mass is 9.85. The summed E-state index contributed by atoms with van der Waals surface area (Å²) in [6.07, 6.45) is 2.98. The second kappa shape index (κ2) is 17.3. The predicted molar refractivity (Wildman–Crippen MR) is 185 cm³/mol. The molecule has 15 nitrogen and oxygen atoms in total. The van der Waals surface area contributed by atoms with Crippen LogP contribution in [-0.2, 0) is 23.9 Å². The van der Waals surface area contributed by atoms with Crippen molar-refractivity contribution in [3.8, 4) is 16.3 Å². The van der Waals surface area contributed by atoms with Gasteiger partial charge in [-0.1, -0.05) is 32.9 Å². The Morgan fingerprint density at radius 1 is 1.08 bits per heavy atom. The minimum absolute atomic E-state index is 0.0362. The molecule has 3 N–H and O–H groups in total. The molecule has 1 fully saturated rings. The van der Waals surface area contributed by atoms with E-state index in [-0.39, 0.29) is 37.8 Å². The molecule has 4 rings (SSSR count). The van der Waals surface area contributed by atoms with Crippen molar-refractivity contribution in [2.24, 2.45) is 5.41 Å². The maximum atomic E-state index is 13.9. The SMILES string of the molecule is COC(=O)c1cnc(OCCCCOCC(=O)NC(C(=O)N2C[C@H](O)C[C@H]2C(=O)NN(C)c2ccc(-c3scnc3C)cc2)C(C)(C)C)cn1. The van der Waals surface area contributed by atoms with Gasteiger partial charge in [0.15, 0.2) is 5.69 Å². The maximum Gasteiger partial charge on any atom is 0.358 e. The van der Waals surface area contributed by atoms with Crippen LogP contribution in [0.5, 0.6) is 5.88 Å². The lowest BCUT2D eigenvalue weighted by molar-refractivity contribution is -0.144. The minimum Gasteiger partial charge on any atom is -0.477 e. The Balaban J connectivity index is 1.25. The molecular formula is C34H45N7O8S. The van der Waals surface area contributed by atoms with Gasteiger partial charge in [-0.3, -0.25) is 24.8 Å². The number of carbonyl (C=O) groups excluding carboxylic acids is 4. The number of hydrogen-bond donors (Lipinski definition) is 3. The van der Waals surface area contributed by atoms with Crippen molar-refractivity contribution >= 4 is 40.7 Å². The molecule has 270 valence electrons. The molecule has 1 aliphatic rings. The summed E-state index contributed by atoms with van der Waals surface area (Å²) in [5.41, 5.74) is 6.71. The number of aromatic nitrogens is 3. The quantitative estimate of drug-likeness (QED) is 0.119. The van der Waals surface area contributed by atoms with Crippen LogP contribution in [0.3, 0.4) is 0 Å². The number of anilines is 1. The van der Waals surface area contributed by atoms with Crippen molar-refractivity contribution in [3.05, 3.63) is 53.6 Å². The zero-order valence-corrected chi connectivity index (χ0v) is 30.0. The van der Waals surface area contributed by atoms with E-state index in [1.807, 2.05) is 52.0 Å². The third kappa shape index (κ3) is 10.2. The van der Waals surface area contributed by atoms with Gasteiger partial charge in [0, 0.05) is 26.6 Å². The van der Waals surface area contributed by atoms with Gasteiger partial charge >= 0.3 is 5.97 Å². The molecule has 0 aliphatic carbocycles. The number of β-amino-alcohol motifs (C(OH)–C–C–N with tert-alkyl or cyclic N) is 1. The third-order valence-corrected chi connectivity index (χ3v) is 8.99. The Kier molecular flexibility index (Phi) is 13.2. The van der Waals surface area contributed by atoms with Crippen molar-refractivity contribution in [2.45, 2.75) is 65.1 Å². The van der Waals surface area contributed by atoms with Gasteiger partial charge in [0.05, 0.1) is 54.0 Å². The third-order valence-electron chi connectivity index (χ3n) is 8.01. The first kappa shape index (κ1) is 38.1. The fourth-order valence-corrected chi connectivity index (χ4v) is 6.10. The van der Waals surface area contributed by atoms with Crippen LogP contribution in [0.15, 0.2) is 42.2 Å². The van der Waals surface area contributed by atoms with Crippen molar-refractivity contribution in [1.29, 1.82) is 0 Å². The van der Waals surface area contributed by atoms with Gasteiger partial charge in [0.1, 0.15) is 18.7 Å². The van der Waals surface area contributed by atoms with Crippen LogP contribution < -0.4 is 20.5 Å². The summed E-state index contributed by atoms with van der Waals surface area (Å²) < 4.78 is 15.6. The van der Waals surface area contributed by atoms with Crippen molar-refractivity contribution < 1.29 is 38.5 Å². The maximum absolute atomic E-state index is 13.9. The molecule has 1 aromatic carbocycles. The first-order valence-electron chi connectivity index (χ1n) is 16.2. The van der Waals surface area contributed by atoms with E-state index in [0.29, 0.717) is 19.4 Å². The van der Waals surface area contributed by atoms with Crippen molar-refractivity contribution in [3.63, 3.8) is 0 Å². The molecule has 1 aliphatic heterocycles. The number of aliphatic hydroxyl groups is 1. The van der Waals surface area contributed by atoms with Crippen LogP contribution in [-0.4, -0.2) is 107 Å². The van der Waals surface area contributed by atoms with Gasteiger partial charge in [0.25, 0.3) is 5.91 Å². The summed E-state index contributed by atoms with van der Waals surface area (Å²) in [5.74, 6) is -1.71. The number of thiazole rings is 1. The van der Waals surface area contributed by atoms with E-state index in [0.717, 1.165) is 21.8 Å². The van der Waals surface area contributed by atoms with Crippen LogP contribution in [0.25, 0.3) is 10.4 Å². The molecule has 0 radical (unpaired) electrons. The summed E-state index contributed by atoms with van der Waals surface area (Å²) in [5, 5.41) is 14.9. The van der Waals surface area contributed by atoms with Crippen molar-refractivity contribution in [2.75, 3.05) is 45.5 Å². The fourth-order valence-electron chi connectivity index (χ4n) is 5.29. The number of aliphatic hydroxyl groups excluding tert-OH is 1. The van der Waals surface area contributed by atoms with Gasteiger partial charge in [-0.05, 0) is 42.9 Å². The normalized spacial score (nSPS) is 16.4. The van der Waals surface area contributed by atoms with Gasteiger partial charge < -0.3 is 29.5 Å². The van der Waals surface area contributed by atoms with E-state index in [1.165, 1.54) is 24.4 Å². The minimum atomic E-state index is -0.972. The summed E-state index contributed by atoms with van der Waals surface area (Å²) in [6.45, 7) is 7.71. The van der Waals surface area contributed by atoms with Gasteiger partial charge in [-0.25, -0.2) is 19.7 Å². The van der Waals surface area contributed by atoms with E-state index in [2.05, 4.69) is 30.4 Å². The van der Waals surface area contributed by atoms with Gasteiger partial charge in [0.2, 0.25) is 17.7 Å². The molecule has 0 bridgehead atoms. The molecule has 1 saturated heterocycles. The molecule has 2 aromatic heterocycles. The smallest absolute Gasteiger partial charge is 0.358 e. The van der Waals surface area contributed by atoms with E-state index in [1.54, 1.807) is 28.9 Å². The van der Waals surface area contributed by atoms with E-state index >= 15 is 0 Å². The van der Waals surface area contributed by atoms with E-state index in [9.17, 15) is 24.3 Å². The number of amides is 3. The van der Waals surface area contributed by atoms with Crippen LogP contribution in [0.1, 0.15) is 56.2 Å². The number of aryl methyl sites for hydroxylation is 1. The number of nitrogens with zero attached hydrogens (tertiary/aromatic N) is 5. The second-order valence-corrected chi connectivity index (χ2v) is 13.8.